The standard InChI is InChI=1S/C20H26N4O/c1-15-5-4-6-16(11-15)19-18(12-21-22-19)14-23-10-7-17(13-23)20(25)24-8-2-3-9-24/h4-6,11-12,17H,2-3,7-10,13-14H2,1H3,(H,21,22). The zero-order valence-corrected chi connectivity index (χ0v) is 14.9. The number of aromatic nitrogens is 2. The van der Waals surface area contributed by atoms with Crippen LogP contribution in [0.2, 0.25) is 0 Å². The third-order valence-electron chi connectivity index (χ3n) is 5.46. The van der Waals surface area contributed by atoms with E-state index in [4.69, 9.17) is 0 Å². The SMILES string of the molecule is Cc1cccc(-c2[nH]ncc2CN2CCC(C(=O)N3CCCC3)C2)c1. The summed E-state index contributed by atoms with van der Waals surface area (Å²) in [5.74, 6) is 0.540. The molecule has 2 aliphatic heterocycles. The second kappa shape index (κ2) is 7.00. The summed E-state index contributed by atoms with van der Waals surface area (Å²) in [6, 6.07) is 8.48. The molecule has 2 saturated heterocycles. The van der Waals surface area contributed by atoms with Gasteiger partial charge in [-0.2, -0.15) is 5.10 Å². The molecule has 1 amide bonds. The van der Waals surface area contributed by atoms with Gasteiger partial charge in [-0.05, 0) is 38.8 Å². The zero-order valence-electron chi connectivity index (χ0n) is 14.9. The van der Waals surface area contributed by atoms with Crippen molar-refractivity contribution in [2.75, 3.05) is 26.2 Å². The van der Waals surface area contributed by atoms with Crippen LogP contribution in [0.3, 0.4) is 0 Å². The molecule has 5 heteroatoms. The van der Waals surface area contributed by atoms with E-state index in [9.17, 15) is 4.79 Å². The number of H-pyrrole nitrogens is 1. The lowest BCUT2D eigenvalue weighted by molar-refractivity contribution is -0.134. The number of hydrogen-bond acceptors (Lipinski definition) is 3. The molecular formula is C20H26N4O. The second-order valence-electron chi connectivity index (χ2n) is 7.39. The van der Waals surface area contributed by atoms with E-state index in [2.05, 4.69) is 51.2 Å². The third-order valence-corrected chi connectivity index (χ3v) is 5.46. The Balaban J connectivity index is 1.42. The van der Waals surface area contributed by atoms with Crippen molar-refractivity contribution in [3.63, 3.8) is 0 Å². The Morgan fingerprint density at radius 2 is 2.12 bits per heavy atom. The van der Waals surface area contributed by atoms with Crippen LogP contribution in [0.15, 0.2) is 30.5 Å². The zero-order chi connectivity index (χ0) is 17.2. The minimum atomic E-state index is 0.174. The van der Waals surface area contributed by atoms with E-state index in [-0.39, 0.29) is 5.92 Å². The van der Waals surface area contributed by atoms with Gasteiger partial charge in [-0.15, -0.1) is 0 Å². The molecule has 0 spiro atoms. The van der Waals surface area contributed by atoms with E-state index in [1.807, 2.05) is 6.20 Å². The van der Waals surface area contributed by atoms with Crippen LogP contribution in [0.4, 0.5) is 0 Å². The Morgan fingerprint density at radius 3 is 2.92 bits per heavy atom. The van der Waals surface area contributed by atoms with Crippen LogP contribution in [0, 0.1) is 12.8 Å². The number of hydrogen-bond donors (Lipinski definition) is 1. The summed E-state index contributed by atoms with van der Waals surface area (Å²) in [6.07, 6.45) is 5.23. The number of rotatable bonds is 4. The topological polar surface area (TPSA) is 52.2 Å². The number of amides is 1. The molecule has 0 radical (unpaired) electrons. The molecule has 0 bridgehead atoms. The van der Waals surface area contributed by atoms with Crippen LogP contribution in [-0.4, -0.2) is 52.1 Å². The molecule has 1 aromatic heterocycles. The van der Waals surface area contributed by atoms with Gasteiger partial charge >= 0.3 is 0 Å². The van der Waals surface area contributed by atoms with Crippen LogP contribution in [0.25, 0.3) is 11.3 Å². The molecule has 3 heterocycles. The van der Waals surface area contributed by atoms with Crippen molar-refractivity contribution in [3.8, 4) is 11.3 Å². The average Bonchev–Trinajstić information content (AvgIpc) is 3.36. The van der Waals surface area contributed by atoms with Crippen molar-refractivity contribution in [2.45, 2.75) is 32.7 Å². The number of aromatic amines is 1. The maximum atomic E-state index is 12.6. The molecule has 2 aromatic rings. The van der Waals surface area contributed by atoms with Crippen LogP contribution >= 0.6 is 0 Å². The Hall–Kier alpha value is -2.14. The first-order valence-corrected chi connectivity index (χ1v) is 9.31. The number of likely N-dealkylation sites (tertiary alicyclic amines) is 2. The molecule has 0 aliphatic carbocycles. The van der Waals surface area contributed by atoms with Gasteiger partial charge in [-0.3, -0.25) is 14.8 Å². The summed E-state index contributed by atoms with van der Waals surface area (Å²) >= 11 is 0. The van der Waals surface area contributed by atoms with Crippen molar-refractivity contribution in [2.24, 2.45) is 5.92 Å². The predicted molar refractivity (Wildman–Crippen MR) is 98.0 cm³/mol. The summed E-state index contributed by atoms with van der Waals surface area (Å²) in [6.45, 7) is 6.72. The van der Waals surface area contributed by atoms with E-state index >= 15 is 0 Å². The monoisotopic (exact) mass is 338 g/mol. The Morgan fingerprint density at radius 1 is 1.28 bits per heavy atom. The number of nitrogens with one attached hydrogen (secondary N) is 1. The number of carbonyl (C=O) groups excluding carboxylic acids is 1. The fourth-order valence-electron chi connectivity index (χ4n) is 4.10. The van der Waals surface area contributed by atoms with Crippen molar-refractivity contribution in [3.05, 3.63) is 41.6 Å². The summed E-state index contributed by atoms with van der Waals surface area (Å²) in [4.78, 5) is 17.1. The fourth-order valence-corrected chi connectivity index (χ4v) is 4.10. The van der Waals surface area contributed by atoms with Gasteiger partial charge in [0.05, 0.1) is 17.8 Å². The number of nitrogens with zero attached hydrogens (tertiary/aromatic N) is 3. The highest BCUT2D eigenvalue weighted by Gasteiger charge is 2.32. The van der Waals surface area contributed by atoms with Crippen LogP contribution in [-0.2, 0) is 11.3 Å². The van der Waals surface area contributed by atoms with E-state index in [1.54, 1.807) is 0 Å². The van der Waals surface area contributed by atoms with E-state index in [0.717, 1.165) is 57.7 Å². The molecule has 132 valence electrons. The van der Waals surface area contributed by atoms with Crippen LogP contribution in [0.5, 0.6) is 0 Å². The smallest absolute Gasteiger partial charge is 0.227 e. The first-order valence-electron chi connectivity index (χ1n) is 9.31. The van der Waals surface area contributed by atoms with Gasteiger partial charge in [0.25, 0.3) is 0 Å². The minimum absolute atomic E-state index is 0.174. The van der Waals surface area contributed by atoms with E-state index in [0.29, 0.717) is 5.91 Å². The highest BCUT2D eigenvalue weighted by atomic mass is 16.2. The predicted octanol–water partition coefficient (Wildman–Crippen LogP) is 2.83. The Labute approximate surface area is 149 Å². The van der Waals surface area contributed by atoms with E-state index < -0.39 is 0 Å². The highest BCUT2D eigenvalue weighted by molar-refractivity contribution is 5.79. The number of carbonyl (C=O) groups is 1. The lowest BCUT2D eigenvalue weighted by atomic mass is 10.1. The summed E-state index contributed by atoms with van der Waals surface area (Å²) < 4.78 is 0. The fraction of sp³-hybridized carbons (Fsp3) is 0.500. The summed E-state index contributed by atoms with van der Waals surface area (Å²) in [5, 5.41) is 7.41. The molecule has 0 saturated carbocycles. The van der Waals surface area contributed by atoms with Gasteiger partial charge in [0.2, 0.25) is 5.91 Å². The summed E-state index contributed by atoms with van der Waals surface area (Å²) in [7, 11) is 0. The maximum Gasteiger partial charge on any atom is 0.227 e. The first-order chi connectivity index (χ1) is 12.2. The molecule has 2 aliphatic rings. The van der Waals surface area contributed by atoms with Gasteiger partial charge in [0.1, 0.15) is 0 Å². The molecule has 1 aromatic carbocycles. The Kier molecular flexibility index (Phi) is 4.57. The van der Waals surface area contributed by atoms with Gasteiger partial charge in [0, 0.05) is 37.3 Å². The van der Waals surface area contributed by atoms with Crippen LogP contribution in [0.1, 0.15) is 30.4 Å². The highest BCUT2D eigenvalue weighted by Crippen LogP contribution is 2.27. The lowest BCUT2D eigenvalue weighted by Gasteiger charge is -2.20. The van der Waals surface area contributed by atoms with Crippen LogP contribution < -0.4 is 0 Å². The number of benzene rings is 1. The van der Waals surface area contributed by atoms with Crippen molar-refractivity contribution >= 4 is 5.91 Å². The molecule has 1 N–H and O–H groups in total. The first kappa shape index (κ1) is 16.3. The maximum absolute atomic E-state index is 12.6. The molecule has 1 unspecified atom stereocenters. The average molecular weight is 338 g/mol. The summed E-state index contributed by atoms with van der Waals surface area (Å²) in [5.41, 5.74) is 4.73. The molecule has 1 atom stereocenters. The largest absolute Gasteiger partial charge is 0.342 e. The number of aryl methyl sites for hydroxylation is 1. The molecule has 25 heavy (non-hydrogen) atoms. The Bertz CT molecular complexity index is 748. The van der Waals surface area contributed by atoms with Crippen molar-refractivity contribution < 1.29 is 4.79 Å². The molecule has 5 nitrogen and oxygen atoms in total. The van der Waals surface area contributed by atoms with Gasteiger partial charge in [0.15, 0.2) is 0 Å². The second-order valence-corrected chi connectivity index (χ2v) is 7.39. The lowest BCUT2D eigenvalue weighted by Crippen LogP contribution is -2.35. The van der Waals surface area contributed by atoms with Gasteiger partial charge < -0.3 is 4.90 Å². The van der Waals surface area contributed by atoms with Crippen molar-refractivity contribution in [1.82, 2.24) is 20.0 Å². The van der Waals surface area contributed by atoms with Gasteiger partial charge in [-0.1, -0.05) is 23.8 Å². The third kappa shape index (κ3) is 3.47. The molecule has 4 rings (SSSR count). The molecule has 2 fully saturated rings. The molecular weight excluding hydrogens is 312 g/mol. The van der Waals surface area contributed by atoms with Gasteiger partial charge in [-0.25, -0.2) is 0 Å². The minimum Gasteiger partial charge on any atom is -0.342 e. The normalized spacial score (nSPS) is 21.2. The van der Waals surface area contributed by atoms with E-state index in [1.165, 1.54) is 16.7 Å². The van der Waals surface area contributed by atoms with Crippen molar-refractivity contribution in [1.29, 1.82) is 0 Å². The quantitative estimate of drug-likeness (QED) is 0.933.